The lowest BCUT2D eigenvalue weighted by Gasteiger charge is -2.37. The van der Waals surface area contributed by atoms with E-state index in [0.717, 1.165) is 11.1 Å². The fourth-order valence-corrected chi connectivity index (χ4v) is 3.66. The van der Waals surface area contributed by atoms with E-state index in [1.54, 1.807) is 19.1 Å². The van der Waals surface area contributed by atoms with Crippen LogP contribution in [0.25, 0.3) is 5.57 Å². The second-order valence-corrected chi connectivity index (χ2v) is 6.80. The van der Waals surface area contributed by atoms with Gasteiger partial charge in [-0.05, 0) is 31.9 Å². The van der Waals surface area contributed by atoms with Gasteiger partial charge in [0.25, 0.3) is 0 Å². The van der Waals surface area contributed by atoms with Crippen LogP contribution in [-0.2, 0) is 23.8 Å². The molecule has 1 fully saturated rings. The van der Waals surface area contributed by atoms with Crippen LogP contribution in [0.2, 0.25) is 0 Å². The summed E-state index contributed by atoms with van der Waals surface area (Å²) in [4.78, 5) is 30.2. The number of aryl methyl sites for hydroxylation is 2. The highest BCUT2D eigenvalue weighted by Crippen LogP contribution is 2.45. The largest absolute Gasteiger partial charge is 0.513 e. The van der Waals surface area contributed by atoms with Gasteiger partial charge < -0.3 is 19.0 Å². The first-order chi connectivity index (χ1) is 12.9. The van der Waals surface area contributed by atoms with Gasteiger partial charge in [-0.25, -0.2) is 9.59 Å². The first kappa shape index (κ1) is 19.4. The minimum atomic E-state index is -0.981. The quantitative estimate of drug-likeness (QED) is 0.749. The molecule has 0 unspecified atom stereocenters. The SMILES string of the molecule is CCOC(=O)OC1=C(c2ccc(C)cc2C)C(=O)OC12CCN(OC)CC2. The van der Waals surface area contributed by atoms with Crippen LogP contribution >= 0.6 is 0 Å². The highest BCUT2D eigenvalue weighted by molar-refractivity contribution is 6.20. The summed E-state index contributed by atoms with van der Waals surface area (Å²) in [6.07, 6.45) is 0.104. The second-order valence-electron chi connectivity index (χ2n) is 6.80. The van der Waals surface area contributed by atoms with Crippen LogP contribution in [0.4, 0.5) is 4.79 Å². The number of nitrogens with zero attached hydrogens (tertiary/aromatic N) is 1. The lowest BCUT2D eigenvalue weighted by molar-refractivity contribution is -0.183. The summed E-state index contributed by atoms with van der Waals surface area (Å²) >= 11 is 0. The first-order valence-corrected chi connectivity index (χ1v) is 9.09. The van der Waals surface area contributed by atoms with Gasteiger partial charge in [0, 0.05) is 25.9 Å². The van der Waals surface area contributed by atoms with Crippen molar-refractivity contribution in [2.24, 2.45) is 0 Å². The Balaban J connectivity index is 2.06. The third kappa shape index (κ3) is 3.70. The number of rotatable bonds is 4. The summed E-state index contributed by atoms with van der Waals surface area (Å²) in [5.74, 6) is -0.235. The monoisotopic (exact) mass is 375 g/mol. The van der Waals surface area contributed by atoms with Crippen LogP contribution in [0.5, 0.6) is 0 Å². The molecule has 0 N–H and O–H groups in total. The Morgan fingerprint density at radius 2 is 1.96 bits per heavy atom. The molecule has 7 nitrogen and oxygen atoms in total. The highest BCUT2D eigenvalue weighted by atomic mass is 16.7. The van der Waals surface area contributed by atoms with E-state index >= 15 is 0 Å². The smallest absolute Gasteiger partial charge is 0.447 e. The van der Waals surface area contributed by atoms with Crippen LogP contribution in [0.3, 0.4) is 0 Å². The molecule has 1 saturated heterocycles. The number of benzene rings is 1. The number of ether oxygens (including phenoxy) is 3. The van der Waals surface area contributed by atoms with Crippen molar-refractivity contribution < 1.29 is 28.6 Å². The predicted molar refractivity (Wildman–Crippen MR) is 97.6 cm³/mol. The second kappa shape index (κ2) is 7.70. The molecular weight excluding hydrogens is 350 g/mol. The normalized spacial score (nSPS) is 19.3. The Hall–Kier alpha value is -2.38. The average Bonchev–Trinajstić information content (AvgIpc) is 2.87. The number of hydrogen-bond acceptors (Lipinski definition) is 7. The number of carbonyl (C=O) groups excluding carboxylic acids is 2. The molecule has 1 aromatic rings. The number of hydrogen-bond donors (Lipinski definition) is 0. The van der Waals surface area contributed by atoms with Gasteiger partial charge >= 0.3 is 12.1 Å². The maximum absolute atomic E-state index is 12.8. The van der Waals surface area contributed by atoms with Gasteiger partial charge in [0.2, 0.25) is 0 Å². The zero-order chi connectivity index (χ0) is 19.6. The van der Waals surface area contributed by atoms with Crippen LogP contribution < -0.4 is 0 Å². The molecule has 0 saturated carbocycles. The van der Waals surface area contributed by atoms with Crippen molar-refractivity contribution in [3.8, 4) is 0 Å². The molecule has 7 heteroatoms. The average molecular weight is 375 g/mol. The summed E-state index contributed by atoms with van der Waals surface area (Å²) in [6, 6.07) is 5.76. The van der Waals surface area contributed by atoms with E-state index in [4.69, 9.17) is 19.0 Å². The fourth-order valence-electron chi connectivity index (χ4n) is 3.66. The molecule has 0 aromatic heterocycles. The standard InChI is InChI=1S/C20H25NO6/c1-5-25-19(23)26-17-16(15-7-6-13(2)12-14(15)3)18(22)27-20(17)8-10-21(24-4)11-9-20/h6-7,12H,5,8-11H2,1-4H3. The number of piperidine rings is 1. The third-order valence-corrected chi connectivity index (χ3v) is 5.02. The summed E-state index contributed by atoms with van der Waals surface area (Å²) in [5, 5.41) is 1.79. The van der Waals surface area contributed by atoms with Crippen molar-refractivity contribution in [3.05, 3.63) is 40.6 Å². The van der Waals surface area contributed by atoms with Crippen LogP contribution in [0, 0.1) is 13.8 Å². The zero-order valence-corrected chi connectivity index (χ0v) is 16.2. The third-order valence-electron chi connectivity index (χ3n) is 5.02. The molecule has 27 heavy (non-hydrogen) atoms. The van der Waals surface area contributed by atoms with Crippen molar-refractivity contribution >= 4 is 17.7 Å². The van der Waals surface area contributed by atoms with Gasteiger partial charge in [0.15, 0.2) is 11.4 Å². The molecule has 2 aliphatic rings. The van der Waals surface area contributed by atoms with Crippen LogP contribution in [-0.4, -0.2) is 49.6 Å². The zero-order valence-electron chi connectivity index (χ0n) is 16.2. The summed E-state index contributed by atoms with van der Waals surface area (Å²) in [6.45, 7) is 6.90. The Morgan fingerprint density at radius 3 is 2.56 bits per heavy atom. The first-order valence-electron chi connectivity index (χ1n) is 9.09. The van der Waals surface area contributed by atoms with E-state index in [2.05, 4.69) is 0 Å². The molecule has 2 heterocycles. The molecule has 146 valence electrons. The molecule has 3 rings (SSSR count). The number of esters is 1. The van der Waals surface area contributed by atoms with E-state index in [1.165, 1.54) is 0 Å². The van der Waals surface area contributed by atoms with Gasteiger partial charge in [-0.15, -0.1) is 0 Å². The summed E-state index contributed by atoms with van der Waals surface area (Å²) in [7, 11) is 1.60. The maximum atomic E-state index is 12.8. The predicted octanol–water partition coefficient (Wildman–Crippen LogP) is 3.14. The van der Waals surface area contributed by atoms with Crippen molar-refractivity contribution in [3.63, 3.8) is 0 Å². The summed E-state index contributed by atoms with van der Waals surface area (Å²) in [5.41, 5.74) is 2.02. The Morgan fingerprint density at radius 1 is 1.26 bits per heavy atom. The summed E-state index contributed by atoms with van der Waals surface area (Å²) < 4.78 is 16.3. The molecule has 1 aromatic carbocycles. The van der Waals surface area contributed by atoms with E-state index in [0.29, 0.717) is 37.1 Å². The number of hydroxylamine groups is 2. The van der Waals surface area contributed by atoms with E-state index < -0.39 is 17.7 Å². The Labute approximate surface area is 158 Å². The molecule has 2 aliphatic heterocycles. The van der Waals surface area contributed by atoms with Crippen LogP contribution in [0.1, 0.15) is 36.5 Å². The molecule has 0 amide bonds. The molecule has 0 aliphatic carbocycles. The van der Waals surface area contributed by atoms with Gasteiger partial charge in [0.05, 0.1) is 13.7 Å². The lowest BCUT2D eigenvalue weighted by atomic mass is 9.87. The van der Waals surface area contributed by atoms with Crippen molar-refractivity contribution in [1.29, 1.82) is 0 Å². The van der Waals surface area contributed by atoms with Gasteiger partial charge in [0.1, 0.15) is 5.57 Å². The van der Waals surface area contributed by atoms with Crippen molar-refractivity contribution in [2.75, 3.05) is 26.8 Å². The molecular formula is C20H25NO6. The van der Waals surface area contributed by atoms with Crippen molar-refractivity contribution in [1.82, 2.24) is 5.06 Å². The van der Waals surface area contributed by atoms with Gasteiger partial charge in [-0.1, -0.05) is 23.8 Å². The van der Waals surface area contributed by atoms with Gasteiger partial charge in [-0.3, -0.25) is 0 Å². The Bertz CT molecular complexity index is 777. The van der Waals surface area contributed by atoms with E-state index in [-0.39, 0.29) is 12.4 Å². The molecule has 0 radical (unpaired) electrons. The minimum Gasteiger partial charge on any atom is -0.447 e. The molecule has 0 bridgehead atoms. The van der Waals surface area contributed by atoms with E-state index in [9.17, 15) is 9.59 Å². The fraction of sp³-hybridized carbons (Fsp3) is 0.500. The highest BCUT2D eigenvalue weighted by Gasteiger charge is 2.52. The van der Waals surface area contributed by atoms with Crippen LogP contribution in [0.15, 0.2) is 24.0 Å². The molecule has 1 spiro atoms. The maximum Gasteiger partial charge on any atom is 0.513 e. The number of carbonyl (C=O) groups is 2. The Kier molecular flexibility index (Phi) is 5.53. The van der Waals surface area contributed by atoms with Crippen molar-refractivity contribution in [2.45, 2.75) is 39.2 Å². The topological polar surface area (TPSA) is 74.3 Å². The van der Waals surface area contributed by atoms with E-state index in [1.807, 2.05) is 32.0 Å². The molecule has 0 atom stereocenters. The minimum absolute atomic E-state index is 0.185. The van der Waals surface area contributed by atoms with Gasteiger partial charge in [-0.2, -0.15) is 5.06 Å². The lowest BCUT2D eigenvalue weighted by Crippen LogP contribution is -2.46.